The van der Waals surface area contributed by atoms with Crippen molar-refractivity contribution in [2.45, 2.75) is 13.5 Å². The first-order chi connectivity index (χ1) is 15.4. The van der Waals surface area contributed by atoms with Crippen LogP contribution in [0.25, 0.3) is 6.08 Å². The second-order valence-corrected chi connectivity index (χ2v) is 9.35. The number of carbonyl (C=O) groups is 1. The number of halogens is 3. The summed E-state index contributed by atoms with van der Waals surface area (Å²) in [6.07, 6.45) is 1.74. The summed E-state index contributed by atoms with van der Waals surface area (Å²) in [5, 5.41) is 5.04. The number of nitrogens with one attached hydrogen (secondary N) is 1. The summed E-state index contributed by atoms with van der Waals surface area (Å²) in [7, 11) is 0. The number of amidine groups is 1. The van der Waals surface area contributed by atoms with E-state index in [-0.39, 0.29) is 5.91 Å². The highest BCUT2D eigenvalue weighted by Gasteiger charge is 2.24. The number of aryl methyl sites for hydroxylation is 1. The lowest BCUT2D eigenvalue weighted by molar-refractivity contribution is -0.115. The van der Waals surface area contributed by atoms with Crippen molar-refractivity contribution in [1.82, 2.24) is 5.32 Å². The number of ether oxygens (including phenoxy) is 1. The lowest BCUT2D eigenvalue weighted by Crippen LogP contribution is -2.19. The van der Waals surface area contributed by atoms with Gasteiger partial charge in [-0.05, 0) is 78.4 Å². The van der Waals surface area contributed by atoms with Crippen molar-refractivity contribution in [3.05, 3.63) is 97.3 Å². The van der Waals surface area contributed by atoms with E-state index in [1.54, 1.807) is 36.4 Å². The van der Waals surface area contributed by atoms with Crippen LogP contribution in [0, 0.1) is 6.92 Å². The molecular formula is C24H17Cl3N2O2S. The van der Waals surface area contributed by atoms with Gasteiger partial charge in [0.25, 0.3) is 5.91 Å². The average Bonchev–Trinajstić information content (AvgIpc) is 3.09. The largest absolute Gasteiger partial charge is 0.488 e. The molecule has 4 nitrogen and oxygen atoms in total. The molecule has 0 radical (unpaired) electrons. The van der Waals surface area contributed by atoms with Gasteiger partial charge in [-0.25, -0.2) is 4.99 Å². The molecule has 1 aliphatic rings. The van der Waals surface area contributed by atoms with E-state index in [0.717, 1.165) is 11.1 Å². The van der Waals surface area contributed by atoms with Gasteiger partial charge in [0.05, 0.1) is 10.6 Å². The number of aliphatic imine (C=N–C) groups is 1. The second-order valence-electron chi connectivity index (χ2n) is 7.01. The molecular weight excluding hydrogens is 487 g/mol. The molecule has 0 aromatic heterocycles. The number of hydrogen-bond donors (Lipinski definition) is 1. The topological polar surface area (TPSA) is 50.7 Å². The van der Waals surface area contributed by atoms with Crippen molar-refractivity contribution in [2.75, 3.05) is 0 Å². The molecule has 0 unspecified atom stereocenters. The molecule has 3 aromatic carbocycles. The van der Waals surface area contributed by atoms with Gasteiger partial charge in [0.15, 0.2) is 5.17 Å². The van der Waals surface area contributed by atoms with E-state index in [4.69, 9.17) is 39.5 Å². The maximum atomic E-state index is 12.5. The number of thioether (sulfide) groups is 1. The normalized spacial score (nSPS) is 15.9. The molecule has 32 heavy (non-hydrogen) atoms. The molecule has 3 aromatic rings. The second kappa shape index (κ2) is 10.0. The molecule has 1 N–H and O–H groups in total. The highest BCUT2D eigenvalue weighted by atomic mass is 35.5. The Morgan fingerprint density at radius 3 is 2.56 bits per heavy atom. The number of nitrogens with zero attached hydrogens (tertiary/aromatic N) is 1. The van der Waals surface area contributed by atoms with Crippen LogP contribution in [-0.4, -0.2) is 11.1 Å². The third-order valence-corrected chi connectivity index (χ3v) is 6.20. The zero-order valence-corrected chi connectivity index (χ0v) is 19.9. The fourth-order valence-corrected chi connectivity index (χ4v) is 4.37. The number of amides is 1. The van der Waals surface area contributed by atoms with Crippen LogP contribution in [0.4, 0.5) is 5.69 Å². The van der Waals surface area contributed by atoms with E-state index in [2.05, 4.69) is 10.3 Å². The SMILES string of the molecule is Cc1ccc(Cl)cc1N=C1NC(=O)/C(=C/c2cc(Cl)ccc2OCc2cccc(Cl)c2)S1. The van der Waals surface area contributed by atoms with Crippen LogP contribution in [-0.2, 0) is 11.4 Å². The minimum atomic E-state index is -0.241. The first-order valence-electron chi connectivity index (χ1n) is 9.60. The predicted molar refractivity (Wildman–Crippen MR) is 134 cm³/mol. The fraction of sp³-hybridized carbons (Fsp3) is 0.0833. The van der Waals surface area contributed by atoms with E-state index < -0.39 is 0 Å². The molecule has 8 heteroatoms. The Hall–Kier alpha value is -2.44. The van der Waals surface area contributed by atoms with Crippen molar-refractivity contribution in [3.63, 3.8) is 0 Å². The van der Waals surface area contributed by atoms with E-state index in [1.165, 1.54) is 11.8 Å². The molecule has 1 saturated heterocycles. The van der Waals surface area contributed by atoms with Crippen LogP contribution in [0.5, 0.6) is 5.75 Å². The van der Waals surface area contributed by atoms with Gasteiger partial charge in [-0.2, -0.15) is 0 Å². The minimum Gasteiger partial charge on any atom is -0.488 e. The Bertz CT molecular complexity index is 1260. The monoisotopic (exact) mass is 502 g/mol. The van der Waals surface area contributed by atoms with Gasteiger partial charge in [0.1, 0.15) is 12.4 Å². The molecule has 162 valence electrons. The highest BCUT2D eigenvalue weighted by Crippen LogP contribution is 2.33. The summed E-state index contributed by atoms with van der Waals surface area (Å²) >= 11 is 19.6. The number of rotatable bonds is 5. The van der Waals surface area contributed by atoms with Crippen molar-refractivity contribution in [3.8, 4) is 5.75 Å². The first-order valence-corrected chi connectivity index (χ1v) is 11.5. The van der Waals surface area contributed by atoms with E-state index in [9.17, 15) is 4.79 Å². The molecule has 0 spiro atoms. The summed E-state index contributed by atoms with van der Waals surface area (Å²) in [4.78, 5) is 17.6. The molecule has 0 saturated carbocycles. The van der Waals surface area contributed by atoms with Crippen LogP contribution in [0.2, 0.25) is 15.1 Å². The summed E-state index contributed by atoms with van der Waals surface area (Å²) in [5.74, 6) is 0.362. The van der Waals surface area contributed by atoms with Gasteiger partial charge in [-0.1, -0.05) is 53.0 Å². The Morgan fingerprint density at radius 1 is 1.00 bits per heavy atom. The predicted octanol–water partition coefficient (Wildman–Crippen LogP) is 7.43. The minimum absolute atomic E-state index is 0.241. The maximum absolute atomic E-state index is 12.5. The van der Waals surface area contributed by atoms with Crippen LogP contribution >= 0.6 is 46.6 Å². The van der Waals surface area contributed by atoms with Crippen molar-refractivity contribution >= 4 is 69.4 Å². The van der Waals surface area contributed by atoms with Gasteiger partial charge < -0.3 is 10.1 Å². The van der Waals surface area contributed by atoms with E-state index in [1.807, 2.05) is 37.3 Å². The molecule has 1 aliphatic heterocycles. The first kappa shape index (κ1) is 22.7. The van der Waals surface area contributed by atoms with Crippen molar-refractivity contribution < 1.29 is 9.53 Å². The number of benzene rings is 3. The van der Waals surface area contributed by atoms with Gasteiger partial charge in [0.2, 0.25) is 0 Å². The zero-order chi connectivity index (χ0) is 22.7. The Labute approximate surface area is 205 Å². The molecule has 1 amide bonds. The molecule has 1 fully saturated rings. The quantitative estimate of drug-likeness (QED) is 0.368. The van der Waals surface area contributed by atoms with Crippen molar-refractivity contribution in [2.24, 2.45) is 4.99 Å². The lowest BCUT2D eigenvalue weighted by Gasteiger charge is -2.10. The third-order valence-electron chi connectivity index (χ3n) is 4.59. The van der Waals surface area contributed by atoms with Gasteiger partial charge >= 0.3 is 0 Å². The van der Waals surface area contributed by atoms with Crippen molar-refractivity contribution in [1.29, 1.82) is 0 Å². The van der Waals surface area contributed by atoms with Crippen LogP contribution in [0.1, 0.15) is 16.7 Å². The van der Waals surface area contributed by atoms with Crippen LogP contribution < -0.4 is 10.1 Å². The van der Waals surface area contributed by atoms with E-state index >= 15 is 0 Å². The Kier molecular flexibility index (Phi) is 7.11. The molecule has 0 atom stereocenters. The summed E-state index contributed by atoms with van der Waals surface area (Å²) in [6.45, 7) is 2.27. The number of carbonyl (C=O) groups excluding carboxylic acids is 1. The standard InChI is InChI=1S/C24H17Cl3N2O2S/c1-14-5-6-19(27)12-20(14)28-24-29-23(30)22(32-24)11-16-10-18(26)7-8-21(16)31-13-15-3-2-4-17(25)9-15/h2-12H,13H2,1H3,(H,28,29,30)/b22-11-. The van der Waals surface area contributed by atoms with Gasteiger partial charge in [-0.15, -0.1) is 0 Å². The molecule has 1 heterocycles. The summed E-state index contributed by atoms with van der Waals surface area (Å²) in [6, 6.07) is 18.2. The molecule has 0 aliphatic carbocycles. The van der Waals surface area contributed by atoms with Gasteiger partial charge in [0, 0.05) is 20.6 Å². The average molecular weight is 504 g/mol. The van der Waals surface area contributed by atoms with Crippen LogP contribution in [0.15, 0.2) is 70.6 Å². The zero-order valence-electron chi connectivity index (χ0n) is 16.9. The lowest BCUT2D eigenvalue weighted by atomic mass is 10.1. The smallest absolute Gasteiger partial charge is 0.264 e. The van der Waals surface area contributed by atoms with E-state index in [0.29, 0.717) is 48.7 Å². The van der Waals surface area contributed by atoms with Crippen LogP contribution in [0.3, 0.4) is 0 Å². The summed E-state index contributed by atoms with van der Waals surface area (Å²) in [5.41, 5.74) is 3.29. The van der Waals surface area contributed by atoms with Gasteiger partial charge in [-0.3, -0.25) is 4.79 Å². The third kappa shape index (κ3) is 5.67. The fourth-order valence-electron chi connectivity index (χ4n) is 2.99. The maximum Gasteiger partial charge on any atom is 0.264 e. The Balaban J connectivity index is 1.57. The molecule has 0 bridgehead atoms. The highest BCUT2D eigenvalue weighted by molar-refractivity contribution is 8.18. The Morgan fingerprint density at radius 2 is 1.75 bits per heavy atom. The number of hydrogen-bond acceptors (Lipinski definition) is 4. The molecule has 4 rings (SSSR count). The summed E-state index contributed by atoms with van der Waals surface area (Å²) < 4.78 is 5.98.